The van der Waals surface area contributed by atoms with Gasteiger partial charge in [0.15, 0.2) is 0 Å². The Hall–Kier alpha value is -2.31. The molecule has 0 atom stereocenters. The number of carbonyl (C=O) groups is 1. The van der Waals surface area contributed by atoms with E-state index in [-0.39, 0.29) is 11.7 Å². The van der Waals surface area contributed by atoms with Crippen LogP contribution in [0.5, 0.6) is 5.75 Å². The molecule has 0 bridgehead atoms. The number of ether oxygens (including phenoxy) is 2. The molecule has 0 aliphatic heterocycles. The first kappa shape index (κ1) is 16.7. The van der Waals surface area contributed by atoms with Crippen LogP contribution in [0.1, 0.15) is 25.7 Å². The number of nitrogens with zero attached hydrogens (tertiary/aromatic N) is 1. The van der Waals surface area contributed by atoms with Gasteiger partial charge in [0, 0.05) is 30.8 Å². The van der Waals surface area contributed by atoms with Crippen molar-refractivity contribution in [3.8, 4) is 5.75 Å². The van der Waals surface area contributed by atoms with Crippen LogP contribution in [0.3, 0.4) is 0 Å². The number of hydrogen-bond donors (Lipinski definition) is 1. The molecule has 0 saturated carbocycles. The van der Waals surface area contributed by atoms with Crippen molar-refractivity contribution in [2.75, 3.05) is 26.1 Å². The molecule has 0 aromatic heterocycles. The monoisotopic (exact) mass is 296 g/mol. The molecule has 0 saturated heterocycles. The highest BCUT2D eigenvalue weighted by atomic mass is 16.6. The summed E-state index contributed by atoms with van der Waals surface area (Å²) in [5.41, 5.74) is 0.636. The van der Waals surface area contributed by atoms with Crippen LogP contribution in [0.4, 0.5) is 11.4 Å². The minimum atomic E-state index is -0.454. The minimum absolute atomic E-state index is 0.0115. The lowest BCUT2D eigenvalue weighted by atomic mass is 10.2. The Kier molecular flexibility index (Phi) is 7.00. The summed E-state index contributed by atoms with van der Waals surface area (Å²) in [6, 6.07) is 4.56. The number of carbonyl (C=O) groups excluding carboxylic acids is 1. The van der Waals surface area contributed by atoms with Gasteiger partial charge in [-0.2, -0.15) is 0 Å². The lowest BCUT2D eigenvalue weighted by molar-refractivity contribution is -0.384. The Bertz CT molecular complexity index is 490. The van der Waals surface area contributed by atoms with E-state index in [0.29, 0.717) is 24.4 Å². The molecule has 1 N–H and O–H groups in total. The predicted molar refractivity (Wildman–Crippen MR) is 78.6 cm³/mol. The van der Waals surface area contributed by atoms with Gasteiger partial charge in [-0.1, -0.05) is 6.42 Å². The molecule has 21 heavy (non-hydrogen) atoms. The smallest absolute Gasteiger partial charge is 0.305 e. The maximum absolute atomic E-state index is 10.9. The fourth-order valence-corrected chi connectivity index (χ4v) is 1.81. The van der Waals surface area contributed by atoms with Crippen molar-refractivity contribution in [3.05, 3.63) is 28.3 Å². The summed E-state index contributed by atoms with van der Waals surface area (Å²) in [6.45, 7) is 0.672. The number of nitro groups is 1. The molecule has 0 aliphatic rings. The van der Waals surface area contributed by atoms with Gasteiger partial charge >= 0.3 is 5.97 Å². The van der Waals surface area contributed by atoms with Gasteiger partial charge in [0.25, 0.3) is 5.69 Å². The molecule has 0 radical (unpaired) electrons. The standard InChI is InChI=1S/C14H20N2O5/c1-20-13-9-11(8-12(10-13)16(18)19)15-7-5-3-4-6-14(17)21-2/h8-10,15H,3-7H2,1-2H3. The first-order chi connectivity index (χ1) is 10.1. The number of hydrogen-bond acceptors (Lipinski definition) is 6. The molecule has 1 rings (SSSR count). The Labute approximate surface area is 123 Å². The van der Waals surface area contributed by atoms with Crippen LogP contribution < -0.4 is 10.1 Å². The average molecular weight is 296 g/mol. The van der Waals surface area contributed by atoms with Crippen molar-refractivity contribution in [1.82, 2.24) is 0 Å². The maximum Gasteiger partial charge on any atom is 0.305 e. The van der Waals surface area contributed by atoms with E-state index in [4.69, 9.17) is 4.74 Å². The molecule has 0 unspecified atom stereocenters. The summed E-state index contributed by atoms with van der Waals surface area (Å²) in [6.07, 6.45) is 2.93. The zero-order valence-corrected chi connectivity index (χ0v) is 12.3. The van der Waals surface area contributed by atoms with Crippen LogP contribution in [-0.2, 0) is 9.53 Å². The van der Waals surface area contributed by atoms with Crippen molar-refractivity contribution < 1.29 is 19.2 Å². The number of esters is 1. The summed E-state index contributed by atoms with van der Waals surface area (Å²) in [7, 11) is 2.84. The van der Waals surface area contributed by atoms with Crippen molar-refractivity contribution in [2.24, 2.45) is 0 Å². The highest BCUT2D eigenvalue weighted by molar-refractivity contribution is 5.68. The number of methoxy groups -OCH3 is 2. The minimum Gasteiger partial charge on any atom is -0.496 e. The van der Waals surface area contributed by atoms with Gasteiger partial charge in [0.1, 0.15) is 5.75 Å². The molecular formula is C14H20N2O5. The zero-order valence-electron chi connectivity index (χ0n) is 12.3. The topological polar surface area (TPSA) is 90.7 Å². The molecule has 0 fully saturated rings. The van der Waals surface area contributed by atoms with Crippen molar-refractivity contribution in [1.29, 1.82) is 0 Å². The van der Waals surface area contributed by atoms with E-state index in [1.165, 1.54) is 26.4 Å². The first-order valence-electron chi connectivity index (χ1n) is 6.71. The second-order valence-electron chi connectivity index (χ2n) is 4.49. The van der Waals surface area contributed by atoms with Crippen LogP contribution in [-0.4, -0.2) is 31.7 Å². The third-order valence-corrected chi connectivity index (χ3v) is 2.95. The molecule has 0 amide bonds. The van der Waals surface area contributed by atoms with Gasteiger partial charge in [0.05, 0.1) is 25.2 Å². The van der Waals surface area contributed by atoms with Crippen LogP contribution in [0.25, 0.3) is 0 Å². The quantitative estimate of drug-likeness (QED) is 0.326. The van der Waals surface area contributed by atoms with E-state index in [9.17, 15) is 14.9 Å². The number of nitrogens with one attached hydrogen (secondary N) is 1. The number of nitro benzene ring substituents is 1. The van der Waals surface area contributed by atoms with Gasteiger partial charge in [0.2, 0.25) is 0 Å². The van der Waals surface area contributed by atoms with Crippen molar-refractivity contribution >= 4 is 17.3 Å². The molecular weight excluding hydrogens is 276 g/mol. The van der Waals surface area contributed by atoms with Gasteiger partial charge < -0.3 is 14.8 Å². The van der Waals surface area contributed by atoms with E-state index in [1.54, 1.807) is 6.07 Å². The van der Waals surface area contributed by atoms with Crippen molar-refractivity contribution in [3.63, 3.8) is 0 Å². The zero-order chi connectivity index (χ0) is 15.7. The molecule has 7 nitrogen and oxygen atoms in total. The van der Waals surface area contributed by atoms with Crippen LogP contribution in [0, 0.1) is 10.1 Å². The summed E-state index contributed by atoms with van der Waals surface area (Å²) in [5, 5.41) is 13.9. The highest BCUT2D eigenvalue weighted by Crippen LogP contribution is 2.25. The van der Waals surface area contributed by atoms with E-state index in [2.05, 4.69) is 10.1 Å². The van der Waals surface area contributed by atoms with E-state index < -0.39 is 4.92 Å². The molecule has 0 heterocycles. The van der Waals surface area contributed by atoms with Crippen LogP contribution >= 0.6 is 0 Å². The fraction of sp³-hybridized carbons (Fsp3) is 0.500. The second-order valence-corrected chi connectivity index (χ2v) is 4.49. The predicted octanol–water partition coefficient (Wildman–Crippen LogP) is 2.75. The Balaban J connectivity index is 2.39. The summed E-state index contributed by atoms with van der Waals surface area (Å²) in [5.74, 6) is 0.240. The highest BCUT2D eigenvalue weighted by Gasteiger charge is 2.09. The Morgan fingerprint density at radius 3 is 2.62 bits per heavy atom. The van der Waals surface area contributed by atoms with Gasteiger partial charge in [-0.25, -0.2) is 0 Å². The maximum atomic E-state index is 10.9. The molecule has 0 spiro atoms. The SMILES string of the molecule is COC(=O)CCCCCNc1cc(OC)cc([N+](=O)[O-])c1. The van der Waals surface area contributed by atoms with E-state index >= 15 is 0 Å². The summed E-state index contributed by atoms with van der Waals surface area (Å²) < 4.78 is 9.59. The van der Waals surface area contributed by atoms with Crippen LogP contribution in [0.15, 0.2) is 18.2 Å². The van der Waals surface area contributed by atoms with E-state index in [0.717, 1.165) is 19.3 Å². The number of non-ortho nitro benzene ring substituents is 1. The summed E-state index contributed by atoms with van der Waals surface area (Å²) in [4.78, 5) is 21.3. The largest absolute Gasteiger partial charge is 0.496 e. The fourth-order valence-electron chi connectivity index (χ4n) is 1.81. The number of rotatable bonds is 9. The lowest BCUT2D eigenvalue weighted by Gasteiger charge is -2.08. The molecule has 7 heteroatoms. The normalized spacial score (nSPS) is 10.0. The van der Waals surface area contributed by atoms with Gasteiger partial charge in [-0.3, -0.25) is 14.9 Å². The number of benzene rings is 1. The Morgan fingerprint density at radius 1 is 1.24 bits per heavy atom. The number of anilines is 1. The molecule has 0 aliphatic carbocycles. The van der Waals surface area contributed by atoms with Crippen LogP contribution in [0.2, 0.25) is 0 Å². The second kappa shape index (κ2) is 8.78. The first-order valence-corrected chi connectivity index (χ1v) is 6.71. The van der Waals surface area contributed by atoms with Crippen molar-refractivity contribution in [2.45, 2.75) is 25.7 Å². The third kappa shape index (κ3) is 6.11. The molecule has 1 aromatic rings. The van der Waals surface area contributed by atoms with Gasteiger partial charge in [-0.15, -0.1) is 0 Å². The molecule has 1 aromatic carbocycles. The molecule has 116 valence electrons. The average Bonchev–Trinajstić information content (AvgIpc) is 2.49. The third-order valence-electron chi connectivity index (χ3n) is 2.95. The Morgan fingerprint density at radius 2 is 2.00 bits per heavy atom. The number of unbranched alkanes of at least 4 members (excludes halogenated alkanes) is 2. The lowest BCUT2D eigenvalue weighted by Crippen LogP contribution is -2.04. The van der Waals surface area contributed by atoms with E-state index in [1.807, 2.05) is 0 Å². The summed E-state index contributed by atoms with van der Waals surface area (Å²) >= 11 is 0. The van der Waals surface area contributed by atoms with Gasteiger partial charge in [-0.05, 0) is 12.8 Å².